The molecule has 1 aromatic rings. The molecule has 4 N–H and O–H groups in total. The Kier molecular flexibility index (Phi) is 4.84. The zero-order chi connectivity index (χ0) is 14.5. The number of methoxy groups -OCH3 is 1. The van der Waals surface area contributed by atoms with E-state index >= 15 is 0 Å². The van der Waals surface area contributed by atoms with E-state index in [1.165, 1.54) is 7.11 Å². The molecule has 1 amide bonds. The van der Waals surface area contributed by atoms with Crippen LogP contribution >= 0.6 is 0 Å². The average Bonchev–Trinajstić information content (AvgIpc) is 2.46. The van der Waals surface area contributed by atoms with Gasteiger partial charge in [0.1, 0.15) is 0 Å². The minimum atomic E-state index is -0.267. The summed E-state index contributed by atoms with van der Waals surface area (Å²) in [5.41, 5.74) is 6.11. The first kappa shape index (κ1) is 14.7. The van der Waals surface area contributed by atoms with Crippen molar-refractivity contribution in [1.29, 1.82) is 0 Å². The monoisotopic (exact) mass is 278 g/mol. The molecule has 0 aliphatic heterocycles. The lowest BCUT2D eigenvalue weighted by Gasteiger charge is -2.26. The van der Waals surface area contributed by atoms with Crippen molar-refractivity contribution < 1.29 is 14.6 Å². The molecule has 0 atom stereocenters. The highest BCUT2D eigenvalue weighted by Crippen LogP contribution is 2.29. The van der Waals surface area contributed by atoms with Crippen LogP contribution in [0.1, 0.15) is 36.0 Å². The largest absolute Gasteiger partial charge is 0.504 e. The molecule has 1 aliphatic rings. The third kappa shape index (κ3) is 3.42. The Balaban J connectivity index is 1.92. The summed E-state index contributed by atoms with van der Waals surface area (Å²) in [7, 11) is 1.46. The molecule has 110 valence electrons. The fourth-order valence-electron chi connectivity index (χ4n) is 2.59. The number of carbonyl (C=O) groups is 1. The summed E-state index contributed by atoms with van der Waals surface area (Å²) < 4.78 is 5.00. The maximum Gasteiger partial charge on any atom is 0.255 e. The Morgan fingerprint density at radius 3 is 2.75 bits per heavy atom. The number of hydrogen-bond acceptors (Lipinski definition) is 4. The van der Waals surface area contributed by atoms with Crippen molar-refractivity contribution in [2.24, 2.45) is 11.7 Å². The maximum atomic E-state index is 12.1. The van der Waals surface area contributed by atoms with Gasteiger partial charge in [-0.25, -0.2) is 0 Å². The van der Waals surface area contributed by atoms with Gasteiger partial charge < -0.3 is 20.9 Å². The van der Waals surface area contributed by atoms with Gasteiger partial charge in [0, 0.05) is 12.6 Å². The van der Waals surface area contributed by atoms with E-state index in [2.05, 4.69) is 5.32 Å². The summed E-state index contributed by atoms with van der Waals surface area (Å²) in [5, 5.41) is 12.8. The Hall–Kier alpha value is -1.75. The molecule has 1 aromatic carbocycles. The Morgan fingerprint density at radius 1 is 1.40 bits per heavy atom. The van der Waals surface area contributed by atoms with Gasteiger partial charge in [-0.05, 0) is 43.7 Å². The minimum absolute atomic E-state index is 0.113. The van der Waals surface area contributed by atoms with E-state index in [1.54, 1.807) is 18.2 Å². The average molecular weight is 278 g/mol. The minimum Gasteiger partial charge on any atom is -0.504 e. The number of carbonyl (C=O) groups excluding carboxylic acids is 1. The number of phenols is 1. The number of hydrogen-bond donors (Lipinski definition) is 3. The smallest absolute Gasteiger partial charge is 0.255 e. The molecule has 0 radical (unpaired) electrons. The number of amides is 1. The predicted molar refractivity (Wildman–Crippen MR) is 76.9 cm³/mol. The predicted octanol–water partition coefficient (Wildman–Crippen LogP) is 1.65. The second-order valence-corrected chi connectivity index (χ2v) is 5.35. The molecule has 5 nitrogen and oxygen atoms in total. The molecule has 1 fully saturated rings. The molecule has 0 spiro atoms. The van der Waals surface area contributed by atoms with Crippen molar-refractivity contribution in [2.75, 3.05) is 13.7 Å². The van der Waals surface area contributed by atoms with Gasteiger partial charge in [-0.3, -0.25) is 4.79 Å². The summed E-state index contributed by atoms with van der Waals surface area (Å²) in [4.78, 5) is 12.1. The quantitative estimate of drug-likeness (QED) is 0.782. The van der Waals surface area contributed by atoms with E-state index in [0.29, 0.717) is 24.3 Å². The van der Waals surface area contributed by atoms with Crippen LogP contribution < -0.4 is 15.8 Å². The third-order valence-electron chi connectivity index (χ3n) is 3.91. The Labute approximate surface area is 119 Å². The highest BCUT2D eigenvalue weighted by Gasteiger charge is 2.20. The van der Waals surface area contributed by atoms with E-state index in [0.717, 1.165) is 25.7 Å². The van der Waals surface area contributed by atoms with Gasteiger partial charge in [-0.2, -0.15) is 0 Å². The van der Waals surface area contributed by atoms with Gasteiger partial charge in [0.05, 0.1) is 12.7 Å². The van der Waals surface area contributed by atoms with Gasteiger partial charge in [-0.1, -0.05) is 6.07 Å². The third-order valence-corrected chi connectivity index (χ3v) is 3.91. The molecule has 0 aromatic heterocycles. The number of ether oxygens (including phenoxy) is 1. The van der Waals surface area contributed by atoms with Gasteiger partial charge in [0.25, 0.3) is 5.91 Å². The van der Waals surface area contributed by atoms with Crippen LogP contribution in [0, 0.1) is 5.92 Å². The molecule has 2 rings (SSSR count). The number of aromatic hydroxyl groups is 1. The standard InChI is InChI=1S/C15H22N2O3/c1-20-13-4-2-3-12(14(13)18)15(19)17-9-10-5-7-11(16)8-6-10/h2-4,10-11,18H,5-9,16H2,1H3,(H,17,19). The number of benzene rings is 1. The highest BCUT2D eigenvalue weighted by atomic mass is 16.5. The molecule has 1 aliphatic carbocycles. The lowest BCUT2D eigenvalue weighted by atomic mass is 9.86. The van der Waals surface area contributed by atoms with E-state index in [1.807, 2.05) is 0 Å². The first-order valence-corrected chi connectivity index (χ1v) is 7.01. The Bertz CT molecular complexity index is 468. The van der Waals surface area contributed by atoms with Crippen molar-refractivity contribution in [3.63, 3.8) is 0 Å². The molecular weight excluding hydrogens is 256 g/mol. The first-order chi connectivity index (χ1) is 9.61. The van der Waals surface area contributed by atoms with Crippen LogP contribution in [-0.4, -0.2) is 30.7 Å². The number of nitrogens with one attached hydrogen (secondary N) is 1. The lowest BCUT2D eigenvalue weighted by molar-refractivity contribution is 0.0939. The van der Waals surface area contributed by atoms with Crippen LogP contribution in [0.3, 0.4) is 0 Å². The van der Waals surface area contributed by atoms with Crippen LogP contribution in [0.2, 0.25) is 0 Å². The van der Waals surface area contributed by atoms with E-state index < -0.39 is 0 Å². The van der Waals surface area contributed by atoms with E-state index in [-0.39, 0.29) is 17.2 Å². The molecule has 0 heterocycles. The fourth-order valence-corrected chi connectivity index (χ4v) is 2.59. The van der Waals surface area contributed by atoms with Gasteiger partial charge in [0.2, 0.25) is 0 Å². The normalized spacial score (nSPS) is 22.3. The second-order valence-electron chi connectivity index (χ2n) is 5.35. The van der Waals surface area contributed by atoms with Gasteiger partial charge in [0.15, 0.2) is 11.5 Å². The molecule has 0 saturated heterocycles. The summed E-state index contributed by atoms with van der Waals surface area (Å²) in [6.07, 6.45) is 4.13. The van der Waals surface area contributed by atoms with E-state index in [4.69, 9.17) is 10.5 Å². The molecule has 0 unspecified atom stereocenters. The van der Waals surface area contributed by atoms with Crippen LogP contribution in [0.15, 0.2) is 18.2 Å². The van der Waals surface area contributed by atoms with Gasteiger partial charge >= 0.3 is 0 Å². The number of phenolic OH excluding ortho intramolecular Hbond substituents is 1. The topological polar surface area (TPSA) is 84.6 Å². The Morgan fingerprint density at radius 2 is 2.10 bits per heavy atom. The maximum absolute atomic E-state index is 12.1. The summed E-state index contributed by atoms with van der Waals surface area (Å²) >= 11 is 0. The zero-order valence-electron chi connectivity index (χ0n) is 11.8. The SMILES string of the molecule is COc1cccc(C(=O)NCC2CCC(N)CC2)c1O. The van der Waals surface area contributed by atoms with Crippen molar-refractivity contribution in [3.8, 4) is 11.5 Å². The van der Waals surface area contributed by atoms with Crippen molar-refractivity contribution in [3.05, 3.63) is 23.8 Å². The molecule has 20 heavy (non-hydrogen) atoms. The second kappa shape index (κ2) is 6.61. The molecule has 1 saturated carbocycles. The van der Waals surface area contributed by atoms with Crippen LogP contribution in [0.4, 0.5) is 0 Å². The fraction of sp³-hybridized carbons (Fsp3) is 0.533. The summed E-state index contributed by atoms with van der Waals surface area (Å²) in [6.45, 7) is 0.627. The van der Waals surface area contributed by atoms with Crippen LogP contribution in [0.5, 0.6) is 11.5 Å². The zero-order valence-corrected chi connectivity index (χ0v) is 11.8. The highest BCUT2D eigenvalue weighted by molar-refractivity contribution is 5.97. The van der Waals surface area contributed by atoms with Crippen LogP contribution in [-0.2, 0) is 0 Å². The summed E-state index contributed by atoms with van der Waals surface area (Å²) in [6, 6.07) is 5.20. The van der Waals surface area contributed by atoms with E-state index in [9.17, 15) is 9.90 Å². The molecule has 5 heteroatoms. The van der Waals surface area contributed by atoms with Crippen LogP contribution in [0.25, 0.3) is 0 Å². The molecule has 0 bridgehead atoms. The van der Waals surface area contributed by atoms with Crippen molar-refractivity contribution >= 4 is 5.91 Å². The summed E-state index contributed by atoms with van der Waals surface area (Å²) in [5.74, 6) is 0.405. The number of rotatable bonds is 4. The van der Waals surface area contributed by atoms with Gasteiger partial charge in [-0.15, -0.1) is 0 Å². The molecular formula is C15H22N2O3. The number of nitrogens with two attached hydrogens (primary N) is 1. The number of para-hydroxylation sites is 1. The first-order valence-electron chi connectivity index (χ1n) is 7.01. The van der Waals surface area contributed by atoms with Crippen molar-refractivity contribution in [1.82, 2.24) is 5.32 Å². The lowest BCUT2D eigenvalue weighted by Crippen LogP contribution is -2.34. The van der Waals surface area contributed by atoms with Crippen molar-refractivity contribution in [2.45, 2.75) is 31.7 Å².